The average Bonchev–Trinajstić information content (AvgIpc) is 2.93. The Bertz CT molecular complexity index is 282. The number of nitrogens with one attached hydrogen (secondary N) is 2. The van der Waals surface area contributed by atoms with Crippen molar-refractivity contribution < 1.29 is 9.53 Å². The first-order valence-corrected chi connectivity index (χ1v) is 7.81. The Labute approximate surface area is 116 Å². The predicted octanol–water partition coefficient (Wildman–Crippen LogP) is 1.98. The Morgan fingerprint density at radius 2 is 2.05 bits per heavy atom. The highest BCUT2D eigenvalue weighted by molar-refractivity contribution is 5.77. The highest BCUT2D eigenvalue weighted by Crippen LogP contribution is 2.30. The minimum absolute atomic E-state index is 0.0478. The van der Waals surface area contributed by atoms with Gasteiger partial charge < -0.3 is 15.4 Å². The summed E-state index contributed by atoms with van der Waals surface area (Å²) < 4.78 is 5.56. The van der Waals surface area contributed by atoms with Crippen LogP contribution in [0.2, 0.25) is 0 Å². The van der Waals surface area contributed by atoms with Gasteiger partial charge in [0.15, 0.2) is 0 Å². The van der Waals surface area contributed by atoms with Crippen LogP contribution in [0.5, 0.6) is 0 Å². The lowest BCUT2D eigenvalue weighted by Gasteiger charge is -2.36. The Kier molecular flexibility index (Phi) is 5.64. The summed E-state index contributed by atoms with van der Waals surface area (Å²) in [6.07, 6.45) is 10.3. The van der Waals surface area contributed by atoms with E-state index in [1.54, 1.807) is 0 Å². The standard InChI is InChI=1S/C15H28N2O2/c1-16-15(8-3-2-4-9-15)12-14(18)17-10-7-13-6-5-11-19-13/h13,16H,2-12H2,1H3,(H,17,18). The van der Waals surface area contributed by atoms with Crippen molar-refractivity contribution in [1.29, 1.82) is 0 Å². The van der Waals surface area contributed by atoms with Gasteiger partial charge in [0.05, 0.1) is 6.10 Å². The van der Waals surface area contributed by atoms with Crippen molar-refractivity contribution in [3.63, 3.8) is 0 Å². The van der Waals surface area contributed by atoms with Crippen LogP contribution in [0.1, 0.15) is 57.8 Å². The lowest BCUT2D eigenvalue weighted by Crippen LogP contribution is -2.48. The Balaban J connectivity index is 1.67. The molecule has 0 aromatic rings. The van der Waals surface area contributed by atoms with Gasteiger partial charge in [-0.05, 0) is 39.2 Å². The predicted molar refractivity (Wildman–Crippen MR) is 76.1 cm³/mol. The van der Waals surface area contributed by atoms with Gasteiger partial charge >= 0.3 is 0 Å². The molecule has 4 heteroatoms. The van der Waals surface area contributed by atoms with Crippen LogP contribution in [0.25, 0.3) is 0 Å². The second kappa shape index (κ2) is 7.25. The number of ether oxygens (including phenoxy) is 1. The molecule has 0 radical (unpaired) electrons. The third kappa shape index (κ3) is 4.46. The van der Waals surface area contributed by atoms with Crippen molar-refractivity contribution in [3.8, 4) is 0 Å². The summed E-state index contributed by atoms with van der Waals surface area (Å²) in [5, 5.41) is 6.45. The van der Waals surface area contributed by atoms with Crippen molar-refractivity contribution in [2.24, 2.45) is 0 Å². The van der Waals surface area contributed by atoms with Crippen molar-refractivity contribution in [2.75, 3.05) is 20.2 Å². The molecule has 0 aromatic heterocycles. The first kappa shape index (κ1) is 14.8. The first-order chi connectivity index (χ1) is 9.24. The molecule has 2 rings (SSSR count). The minimum Gasteiger partial charge on any atom is -0.378 e. The molecule has 1 saturated carbocycles. The summed E-state index contributed by atoms with van der Waals surface area (Å²) in [6.45, 7) is 1.64. The maximum absolute atomic E-state index is 12.1. The van der Waals surface area contributed by atoms with Gasteiger partial charge in [0.2, 0.25) is 5.91 Å². The average molecular weight is 268 g/mol. The summed E-state index contributed by atoms with van der Waals surface area (Å²) in [4.78, 5) is 12.1. The molecule has 1 aliphatic carbocycles. The number of rotatable bonds is 6. The minimum atomic E-state index is 0.0478. The van der Waals surface area contributed by atoms with Crippen LogP contribution in [0.4, 0.5) is 0 Å². The zero-order chi connectivity index (χ0) is 13.6. The van der Waals surface area contributed by atoms with Crippen LogP contribution in [0, 0.1) is 0 Å². The van der Waals surface area contributed by atoms with Crippen molar-refractivity contribution >= 4 is 5.91 Å². The normalized spacial score (nSPS) is 26.3. The molecular weight excluding hydrogens is 240 g/mol. The van der Waals surface area contributed by atoms with E-state index < -0.39 is 0 Å². The van der Waals surface area contributed by atoms with E-state index in [0.717, 1.165) is 38.8 Å². The second-order valence-corrected chi connectivity index (χ2v) is 6.04. The van der Waals surface area contributed by atoms with E-state index >= 15 is 0 Å². The van der Waals surface area contributed by atoms with E-state index in [4.69, 9.17) is 4.74 Å². The number of amides is 1. The number of hydrogen-bond acceptors (Lipinski definition) is 3. The molecule has 0 aromatic carbocycles. The lowest BCUT2D eigenvalue weighted by molar-refractivity contribution is -0.123. The fourth-order valence-electron chi connectivity index (χ4n) is 3.36. The van der Waals surface area contributed by atoms with Crippen LogP contribution in [0.15, 0.2) is 0 Å². The molecule has 1 saturated heterocycles. The van der Waals surface area contributed by atoms with Crippen LogP contribution < -0.4 is 10.6 Å². The van der Waals surface area contributed by atoms with Gasteiger partial charge in [-0.3, -0.25) is 4.79 Å². The summed E-state index contributed by atoms with van der Waals surface area (Å²) in [5.41, 5.74) is 0.0478. The van der Waals surface area contributed by atoms with Crippen LogP contribution in [0.3, 0.4) is 0 Å². The molecule has 19 heavy (non-hydrogen) atoms. The topological polar surface area (TPSA) is 50.4 Å². The van der Waals surface area contributed by atoms with E-state index in [1.807, 2.05) is 7.05 Å². The number of hydrogen-bond donors (Lipinski definition) is 2. The quantitative estimate of drug-likeness (QED) is 0.774. The Hall–Kier alpha value is -0.610. The zero-order valence-electron chi connectivity index (χ0n) is 12.2. The maximum Gasteiger partial charge on any atom is 0.221 e. The van der Waals surface area contributed by atoms with Crippen LogP contribution in [-0.4, -0.2) is 37.7 Å². The molecule has 1 unspecified atom stereocenters. The maximum atomic E-state index is 12.1. The molecule has 4 nitrogen and oxygen atoms in total. The summed E-state index contributed by atoms with van der Waals surface area (Å²) in [5.74, 6) is 0.189. The van der Waals surface area contributed by atoms with E-state index in [0.29, 0.717) is 12.5 Å². The highest BCUT2D eigenvalue weighted by Gasteiger charge is 2.32. The fourth-order valence-corrected chi connectivity index (χ4v) is 3.36. The molecule has 0 bridgehead atoms. The Morgan fingerprint density at radius 1 is 1.26 bits per heavy atom. The van der Waals surface area contributed by atoms with E-state index in [9.17, 15) is 4.79 Å². The lowest BCUT2D eigenvalue weighted by atomic mass is 9.79. The molecule has 110 valence electrons. The molecular formula is C15H28N2O2. The molecule has 2 fully saturated rings. The first-order valence-electron chi connectivity index (χ1n) is 7.81. The fraction of sp³-hybridized carbons (Fsp3) is 0.933. The van der Waals surface area contributed by atoms with Crippen LogP contribution >= 0.6 is 0 Å². The Morgan fingerprint density at radius 3 is 2.68 bits per heavy atom. The molecule has 1 aliphatic heterocycles. The van der Waals surface area contributed by atoms with E-state index in [2.05, 4.69) is 10.6 Å². The third-order valence-electron chi connectivity index (χ3n) is 4.65. The van der Waals surface area contributed by atoms with Gasteiger partial charge in [0.25, 0.3) is 0 Å². The van der Waals surface area contributed by atoms with Gasteiger partial charge in [-0.1, -0.05) is 19.3 Å². The third-order valence-corrected chi connectivity index (χ3v) is 4.65. The number of carbonyl (C=O) groups excluding carboxylic acids is 1. The summed E-state index contributed by atoms with van der Waals surface area (Å²) >= 11 is 0. The molecule has 1 heterocycles. The van der Waals surface area contributed by atoms with Crippen molar-refractivity contribution in [3.05, 3.63) is 0 Å². The van der Waals surface area contributed by atoms with E-state index in [-0.39, 0.29) is 11.4 Å². The number of carbonyl (C=O) groups is 1. The molecule has 1 atom stereocenters. The van der Waals surface area contributed by atoms with Gasteiger partial charge in [0.1, 0.15) is 0 Å². The second-order valence-electron chi connectivity index (χ2n) is 6.04. The summed E-state index contributed by atoms with van der Waals surface area (Å²) in [7, 11) is 1.99. The van der Waals surface area contributed by atoms with Gasteiger partial charge in [-0.15, -0.1) is 0 Å². The molecule has 1 amide bonds. The van der Waals surface area contributed by atoms with Gasteiger partial charge in [0, 0.05) is 25.1 Å². The van der Waals surface area contributed by atoms with Gasteiger partial charge in [-0.25, -0.2) is 0 Å². The highest BCUT2D eigenvalue weighted by atomic mass is 16.5. The van der Waals surface area contributed by atoms with Crippen molar-refractivity contribution in [1.82, 2.24) is 10.6 Å². The monoisotopic (exact) mass is 268 g/mol. The van der Waals surface area contributed by atoms with Gasteiger partial charge in [-0.2, -0.15) is 0 Å². The SMILES string of the molecule is CNC1(CC(=O)NCCC2CCCO2)CCCCC1. The van der Waals surface area contributed by atoms with Crippen LogP contribution in [-0.2, 0) is 9.53 Å². The van der Waals surface area contributed by atoms with E-state index in [1.165, 1.54) is 25.7 Å². The smallest absolute Gasteiger partial charge is 0.221 e. The molecule has 0 spiro atoms. The largest absolute Gasteiger partial charge is 0.378 e. The van der Waals surface area contributed by atoms with Crippen molar-refractivity contribution in [2.45, 2.75) is 69.4 Å². The molecule has 2 N–H and O–H groups in total. The zero-order valence-corrected chi connectivity index (χ0v) is 12.2. The molecule has 2 aliphatic rings. The summed E-state index contributed by atoms with van der Waals surface area (Å²) in [6, 6.07) is 0.